The Hall–Kier alpha value is -2.93. The summed E-state index contributed by atoms with van der Waals surface area (Å²) >= 11 is 0. The van der Waals surface area contributed by atoms with Crippen LogP contribution in [0.5, 0.6) is 0 Å². The van der Waals surface area contributed by atoms with Gasteiger partial charge in [0.05, 0.1) is 17.6 Å². The average Bonchev–Trinajstić information content (AvgIpc) is 2.65. The largest absolute Gasteiger partial charge is 0.394 e. The van der Waals surface area contributed by atoms with E-state index in [2.05, 4.69) is 5.32 Å². The molecule has 0 radical (unpaired) electrons. The van der Waals surface area contributed by atoms with Gasteiger partial charge >= 0.3 is 6.03 Å². The third kappa shape index (κ3) is 3.61. The minimum Gasteiger partial charge on any atom is -0.394 e. The maximum Gasteiger partial charge on any atom is 0.318 e. The fourth-order valence-corrected chi connectivity index (χ4v) is 3.15. The zero-order valence-corrected chi connectivity index (χ0v) is 13.6. The topological polar surface area (TPSA) is 95.7 Å². The lowest BCUT2D eigenvalue weighted by Gasteiger charge is -2.36. The van der Waals surface area contributed by atoms with Crippen LogP contribution in [-0.2, 0) is 13.0 Å². The highest BCUT2D eigenvalue weighted by molar-refractivity contribution is 5.75. The van der Waals surface area contributed by atoms with Crippen LogP contribution < -0.4 is 5.32 Å². The summed E-state index contributed by atoms with van der Waals surface area (Å²) in [6.07, 6.45) is 0.733. The van der Waals surface area contributed by atoms with Crippen molar-refractivity contribution in [2.45, 2.75) is 19.0 Å². The molecule has 1 heterocycles. The zero-order valence-electron chi connectivity index (χ0n) is 13.6. The number of amides is 2. The molecular weight excluding hydrogens is 322 g/mol. The number of nitrogens with zero attached hydrogens (tertiary/aromatic N) is 2. The summed E-state index contributed by atoms with van der Waals surface area (Å²) in [5.74, 6) is 0. The minimum absolute atomic E-state index is 0.00752. The number of non-ortho nitro benzene ring substituents is 1. The van der Waals surface area contributed by atoms with Crippen molar-refractivity contribution in [3.8, 4) is 0 Å². The molecule has 0 spiro atoms. The van der Waals surface area contributed by atoms with Crippen LogP contribution in [0.3, 0.4) is 0 Å². The Morgan fingerprint density at radius 2 is 2.08 bits per heavy atom. The Morgan fingerprint density at radius 3 is 2.84 bits per heavy atom. The van der Waals surface area contributed by atoms with E-state index in [4.69, 9.17) is 0 Å². The average molecular weight is 341 g/mol. The Morgan fingerprint density at radius 1 is 1.28 bits per heavy atom. The van der Waals surface area contributed by atoms with Gasteiger partial charge in [-0.25, -0.2) is 4.79 Å². The number of hydrogen-bond donors (Lipinski definition) is 2. The SMILES string of the molecule is O=C(NCc1cccc([N+](=O)[O-])c1)N1CCc2ccccc2[C@@H]1CO. The first-order valence-electron chi connectivity index (χ1n) is 8.06. The molecule has 0 saturated heterocycles. The first kappa shape index (κ1) is 16.9. The molecular formula is C18H19N3O4. The van der Waals surface area contributed by atoms with E-state index in [0.717, 1.165) is 17.5 Å². The summed E-state index contributed by atoms with van der Waals surface area (Å²) in [5.41, 5.74) is 2.75. The minimum atomic E-state index is -0.464. The maximum atomic E-state index is 12.5. The first-order chi connectivity index (χ1) is 12.1. The van der Waals surface area contributed by atoms with Crippen LogP contribution in [0.15, 0.2) is 48.5 Å². The quantitative estimate of drug-likeness (QED) is 0.659. The molecule has 1 aliphatic heterocycles. The summed E-state index contributed by atoms with van der Waals surface area (Å²) < 4.78 is 0. The summed E-state index contributed by atoms with van der Waals surface area (Å²) in [6, 6.07) is 13.3. The predicted octanol–water partition coefficient (Wildman–Crippen LogP) is 2.40. The molecule has 0 aromatic heterocycles. The van der Waals surface area contributed by atoms with E-state index < -0.39 is 4.92 Å². The maximum absolute atomic E-state index is 12.5. The second-order valence-corrected chi connectivity index (χ2v) is 5.93. The van der Waals surface area contributed by atoms with Gasteiger partial charge in [0, 0.05) is 25.2 Å². The standard InChI is InChI=1S/C18H19N3O4/c22-12-17-16-7-2-1-5-14(16)8-9-20(17)18(23)19-11-13-4-3-6-15(10-13)21(24)25/h1-7,10,17,22H,8-9,11-12H2,(H,19,23)/t17-/m0/s1. The van der Waals surface area contributed by atoms with Gasteiger partial charge in [-0.3, -0.25) is 10.1 Å². The fourth-order valence-electron chi connectivity index (χ4n) is 3.15. The number of carbonyl (C=O) groups is 1. The van der Waals surface area contributed by atoms with Gasteiger partial charge < -0.3 is 15.3 Å². The van der Waals surface area contributed by atoms with Gasteiger partial charge in [-0.2, -0.15) is 0 Å². The second-order valence-electron chi connectivity index (χ2n) is 5.93. The van der Waals surface area contributed by atoms with Crippen molar-refractivity contribution in [1.29, 1.82) is 0 Å². The lowest BCUT2D eigenvalue weighted by Crippen LogP contribution is -2.46. The van der Waals surface area contributed by atoms with E-state index in [1.165, 1.54) is 12.1 Å². The lowest BCUT2D eigenvalue weighted by molar-refractivity contribution is -0.384. The van der Waals surface area contributed by atoms with Crippen molar-refractivity contribution >= 4 is 11.7 Å². The molecule has 0 saturated carbocycles. The number of aliphatic hydroxyl groups excluding tert-OH is 1. The molecule has 2 N–H and O–H groups in total. The number of nitro groups is 1. The van der Waals surface area contributed by atoms with Crippen molar-refractivity contribution in [3.05, 3.63) is 75.3 Å². The summed E-state index contributed by atoms with van der Waals surface area (Å²) in [6.45, 7) is 0.557. The Bertz CT molecular complexity index is 793. The monoisotopic (exact) mass is 341 g/mol. The van der Waals surface area contributed by atoms with E-state index in [1.54, 1.807) is 17.0 Å². The fraction of sp³-hybridized carbons (Fsp3) is 0.278. The van der Waals surface area contributed by atoms with Crippen molar-refractivity contribution in [3.63, 3.8) is 0 Å². The number of urea groups is 1. The van der Waals surface area contributed by atoms with Crippen LogP contribution in [-0.4, -0.2) is 34.1 Å². The molecule has 3 rings (SSSR count). The molecule has 0 aliphatic carbocycles. The van der Waals surface area contributed by atoms with Gasteiger partial charge in [0.1, 0.15) is 0 Å². The molecule has 0 unspecified atom stereocenters. The molecule has 2 aromatic rings. The zero-order chi connectivity index (χ0) is 17.8. The van der Waals surface area contributed by atoms with Crippen LogP contribution in [0.1, 0.15) is 22.7 Å². The molecule has 130 valence electrons. The van der Waals surface area contributed by atoms with Gasteiger partial charge in [-0.05, 0) is 23.1 Å². The van der Waals surface area contributed by atoms with Crippen LogP contribution in [0.4, 0.5) is 10.5 Å². The summed E-state index contributed by atoms with van der Waals surface area (Å²) in [7, 11) is 0. The molecule has 1 atom stereocenters. The van der Waals surface area contributed by atoms with Crippen LogP contribution in [0, 0.1) is 10.1 Å². The second kappa shape index (κ2) is 7.31. The first-order valence-corrected chi connectivity index (χ1v) is 8.06. The smallest absolute Gasteiger partial charge is 0.318 e. The number of fused-ring (bicyclic) bond motifs is 1. The normalized spacial score (nSPS) is 16.2. The third-order valence-corrected chi connectivity index (χ3v) is 4.41. The van der Waals surface area contributed by atoms with E-state index in [0.29, 0.717) is 12.1 Å². The van der Waals surface area contributed by atoms with Gasteiger partial charge in [0.15, 0.2) is 0 Å². The van der Waals surface area contributed by atoms with Gasteiger partial charge in [0.25, 0.3) is 5.69 Å². The highest BCUT2D eigenvalue weighted by atomic mass is 16.6. The Labute approximate surface area is 145 Å². The van der Waals surface area contributed by atoms with Gasteiger partial charge in [0.2, 0.25) is 0 Å². The van der Waals surface area contributed by atoms with Gasteiger partial charge in [-0.15, -0.1) is 0 Å². The van der Waals surface area contributed by atoms with Crippen LogP contribution in [0.2, 0.25) is 0 Å². The predicted molar refractivity (Wildman–Crippen MR) is 92.0 cm³/mol. The number of nitro benzene ring substituents is 1. The van der Waals surface area contributed by atoms with E-state index in [1.807, 2.05) is 24.3 Å². The van der Waals surface area contributed by atoms with Crippen LogP contribution >= 0.6 is 0 Å². The van der Waals surface area contributed by atoms with E-state index in [9.17, 15) is 20.0 Å². The van der Waals surface area contributed by atoms with Crippen molar-refractivity contribution < 1.29 is 14.8 Å². The molecule has 1 aliphatic rings. The highest BCUT2D eigenvalue weighted by Crippen LogP contribution is 2.29. The molecule has 2 amide bonds. The molecule has 2 aromatic carbocycles. The molecule has 0 bridgehead atoms. The van der Waals surface area contributed by atoms with Crippen molar-refractivity contribution in [2.75, 3.05) is 13.2 Å². The molecule has 7 heteroatoms. The highest BCUT2D eigenvalue weighted by Gasteiger charge is 2.29. The van der Waals surface area contributed by atoms with Gasteiger partial charge in [-0.1, -0.05) is 36.4 Å². The molecule has 7 nitrogen and oxygen atoms in total. The number of carbonyl (C=O) groups excluding carboxylic acids is 1. The number of rotatable bonds is 4. The number of hydrogen-bond acceptors (Lipinski definition) is 4. The Kier molecular flexibility index (Phi) is 4.95. The van der Waals surface area contributed by atoms with E-state index >= 15 is 0 Å². The molecule has 25 heavy (non-hydrogen) atoms. The molecule has 0 fully saturated rings. The number of benzene rings is 2. The summed E-state index contributed by atoms with van der Waals surface area (Å²) in [4.78, 5) is 24.5. The van der Waals surface area contributed by atoms with Crippen molar-refractivity contribution in [2.24, 2.45) is 0 Å². The third-order valence-electron chi connectivity index (χ3n) is 4.41. The number of nitrogens with one attached hydrogen (secondary N) is 1. The lowest BCUT2D eigenvalue weighted by atomic mass is 9.93. The summed E-state index contributed by atoms with van der Waals surface area (Å²) in [5, 5.41) is 23.3. The van der Waals surface area contributed by atoms with Crippen LogP contribution in [0.25, 0.3) is 0 Å². The number of aliphatic hydroxyl groups is 1. The van der Waals surface area contributed by atoms with Crippen molar-refractivity contribution in [1.82, 2.24) is 10.2 Å². The Balaban J connectivity index is 1.69. The van der Waals surface area contributed by atoms with E-state index in [-0.39, 0.29) is 30.9 Å².